The molecule has 0 amide bonds. The topological polar surface area (TPSA) is 306 Å². The maximum absolute atomic E-state index is 11.4. The van der Waals surface area contributed by atoms with E-state index in [0.29, 0.717) is 12.1 Å². The number of aromatic nitrogens is 4. The molecule has 0 fully saturated rings. The number of rotatable bonds is 6. The van der Waals surface area contributed by atoms with Gasteiger partial charge in [0.2, 0.25) is 5.52 Å². The van der Waals surface area contributed by atoms with E-state index in [9.17, 15) is 40.5 Å². The maximum atomic E-state index is 11.4. The fourth-order valence-electron chi connectivity index (χ4n) is 3.25. The second-order valence-electron chi connectivity index (χ2n) is 6.11. The third kappa shape index (κ3) is 2.78. The van der Waals surface area contributed by atoms with Gasteiger partial charge in [0.15, 0.2) is 11.2 Å². The minimum absolute atomic E-state index is 0.340. The van der Waals surface area contributed by atoms with E-state index in [1.54, 1.807) is 0 Å². The molecule has 4 aromatic rings. The summed E-state index contributed by atoms with van der Waals surface area (Å²) in [5, 5.41) is 59.9. The van der Waals surface area contributed by atoms with E-state index in [0.717, 1.165) is 9.26 Å². The van der Waals surface area contributed by atoms with Gasteiger partial charge in [0.05, 0.1) is 31.3 Å². The Hall–Kier alpha value is -6.14. The summed E-state index contributed by atoms with van der Waals surface area (Å²) in [5.74, 6) is 0. The highest BCUT2D eigenvalue weighted by Gasteiger charge is 2.37. The molecule has 0 atom stereocenters. The molecule has 0 unspecified atom stereocenters. The van der Waals surface area contributed by atoms with Gasteiger partial charge < -0.3 is 0 Å². The van der Waals surface area contributed by atoms with Crippen molar-refractivity contribution in [3.8, 4) is 0 Å². The number of nitrogens with zero attached hydrogens (tertiary/aromatic N) is 14. The summed E-state index contributed by atoms with van der Waals surface area (Å²) in [6, 6.07) is 1.36. The predicted molar refractivity (Wildman–Crippen MR) is 103 cm³/mol. The highest BCUT2D eigenvalue weighted by Crippen LogP contribution is 2.44. The van der Waals surface area contributed by atoms with E-state index in [1.165, 1.54) is 0 Å². The van der Waals surface area contributed by atoms with Crippen molar-refractivity contribution in [1.29, 1.82) is 0 Å². The largest absolute Gasteiger partial charge is 0.360 e. The molecule has 0 aliphatic carbocycles. The summed E-state index contributed by atoms with van der Waals surface area (Å²) in [4.78, 5) is 46.1. The summed E-state index contributed by atoms with van der Waals surface area (Å²) in [6.07, 6.45) is 0. The van der Waals surface area contributed by atoms with E-state index in [4.69, 9.17) is 11.1 Å². The van der Waals surface area contributed by atoms with Crippen LogP contribution in [0, 0.1) is 40.5 Å². The number of benzene rings is 2. The first kappa shape index (κ1) is 21.1. The smallest absolute Gasteiger partial charge is 0.270 e. The number of azide groups is 2. The fourth-order valence-corrected chi connectivity index (χ4v) is 3.25. The summed E-state index contributed by atoms with van der Waals surface area (Å²) in [6.45, 7) is 0. The van der Waals surface area contributed by atoms with Crippen LogP contribution in [0.5, 0.6) is 0 Å². The second kappa shape index (κ2) is 7.23. The standard InChI is InChI=1S/C12H2N14O8/c13-19-15-9-7-3(1-5(23(27)28)11(9)25(31)32)21-18-8-4(22(21)17-7)2-6(24(29)30)12(26(33)34)10(8)16-20-14/h1-2H. The van der Waals surface area contributed by atoms with Gasteiger partial charge in [0, 0.05) is 21.4 Å². The zero-order chi connectivity index (χ0) is 24.9. The quantitative estimate of drug-likeness (QED) is 0.0989. The third-order valence-corrected chi connectivity index (χ3v) is 4.46. The van der Waals surface area contributed by atoms with Crippen LogP contribution in [0.25, 0.3) is 43.0 Å². The van der Waals surface area contributed by atoms with Crippen molar-refractivity contribution in [2.75, 3.05) is 0 Å². The monoisotopic (exact) mass is 470 g/mol. The highest BCUT2D eigenvalue weighted by molar-refractivity contribution is 5.97. The van der Waals surface area contributed by atoms with Crippen molar-refractivity contribution < 1.29 is 24.3 Å². The first-order valence-electron chi connectivity index (χ1n) is 8.25. The normalized spacial score (nSPS) is 10.7. The molecule has 22 nitrogen and oxygen atoms in total. The van der Waals surface area contributed by atoms with E-state index >= 15 is 0 Å². The van der Waals surface area contributed by atoms with Crippen LogP contribution in [-0.4, -0.2) is 29.4 Å². The van der Waals surface area contributed by atoms with Crippen LogP contribution in [0.1, 0.15) is 0 Å². The molecule has 0 spiro atoms. The van der Waals surface area contributed by atoms with Crippen molar-refractivity contribution in [3.63, 3.8) is 0 Å². The van der Waals surface area contributed by atoms with Crippen molar-refractivity contribution >= 4 is 56.2 Å². The molecule has 0 saturated carbocycles. The van der Waals surface area contributed by atoms with Crippen molar-refractivity contribution in [3.05, 3.63) is 73.5 Å². The lowest BCUT2D eigenvalue weighted by Gasteiger charge is -2.01. The zero-order valence-electron chi connectivity index (χ0n) is 15.7. The van der Waals surface area contributed by atoms with Gasteiger partial charge in [0.1, 0.15) is 5.69 Å². The molecule has 4 rings (SSSR count). The molecule has 0 aliphatic heterocycles. The molecule has 168 valence electrons. The molecule has 0 saturated heterocycles. The van der Waals surface area contributed by atoms with Gasteiger partial charge in [-0.15, -0.1) is 4.63 Å². The number of hydrogen-bond acceptors (Lipinski definition) is 11. The van der Waals surface area contributed by atoms with Crippen LogP contribution in [0.4, 0.5) is 34.1 Å². The summed E-state index contributed by atoms with van der Waals surface area (Å²) in [7, 11) is 0. The van der Waals surface area contributed by atoms with Gasteiger partial charge in [-0.3, -0.25) is 45.6 Å². The van der Waals surface area contributed by atoms with Crippen molar-refractivity contribution in [2.45, 2.75) is 0 Å². The first-order valence-corrected chi connectivity index (χ1v) is 8.25. The zero-order valence-corrected chi connectivity index (χ0v) is 15.7. The maximum Gasteiger partial charge on any atom is 0.360 e. The average molecular weight is 470 g/mol. The molecule has 2 aromatic carbocycles. The Bertz CT molecular complexity index is 1610. The Kier molecular flexibility index (Phi) is 4.49. The molecule has 0 aliphatic rings. The van der Waals surface area contributed by atoms with Crippen LogP contribution in [-0.2, 0) is 0 Å². The molecule has 2 aromatic heterocycles. The Morgan fingerprint density at radius 1 is 0.882 bits per heavy atom. The summed E-state index contributed by atoms with van der Waals surface area (Å²) < 4.78 is 1.49. The van der Waals surface area contributed by atoms with Crippen LogP contribution in [0.15, 0.2) is 22.4 Å². The Morgan fingerprint density at radius 3 is 1.94 bits per heavy atom. The van der Waals surface area contributed by atoms with Crippen LogP contribution in [0.3, 0.4) is 0 Å². The molecule has 0 radical (unpaired) electrons. The van der Waals surface area contributed by atoms with E-state index in [-0.39, 0.29) is 11.0 Å². The van der Waals surface area contributed by atoms with Crippen LogP contribution >= 0.6 is 0 Å². The molecule has 0 bridgehead atoms. The van der Waals surface area contributed by atoms with Gasteiger partial charge in [0.25, 0.3) is 0 Å². The van der Waals surface area contributed by atoms with Gasteiger partial charge in [-0.1, -0.05) is 5.11 Å². The van der Waals surface area contributed by atoms with E-state index in [1.807, 2.05) is 0 Å². The lowest BCUT2D eigenvalue weighted by molar-refractivity contribution is -0.654. The summed E-state index contributed by atoms with van der Waals surface area (Å²) >= 11 is 0. The molecule has 34 heavy (non-hydrogen) atoms. The van der Waals surface area contributed by atoms with E-state index < -0.39 is 64.9 Å². The second-order valence-corrected chi connectivity index (χ2v) is 6.11. The lowest BCUT2D eigenvalue weighted by Crippen LogP contribution is -2.30. The van der Waals surface area contributed by atoms with Crippen molar-refractivity contribution in [2.24, 2.45) is 10.2 Å². The van der Waals surface area contributed by atoms with Gasteiger partial charge in [-0.25, -0.2) is 0 Å². The Morgan fingerprint density at radius 2 is 1.41 bits per heavy atom. The minimum atomic E-state index is -1.17. The lowest BCUT2D eigenvalue weighted by atomic mass is 10.2. The van der Waals surface area contributed by atoms with E-state index in [2.05, 4.69) is 30.2 Å². The SMILES string of the molecule is [N-]=[N+]=Nc1c([N+](=O)[O-])c([N+](=O)[O-])cc2c1nn1c3cc([N+](=O)[O-])c([N+](=O)[O-])c(N=[N+]=[N-])c3[n-][n+]21. The number of nitro benzene ring substituents is 4. The van der Waals surface area contributed by atoms with Gasteiger partial charge >= 0.3 is 22.7 Å². The fraction of sp³-hybridized carbons (Fsp3) is 0. The molecule has 22 heteroatoms. The highest BCUT2D eigenvalue weighted by atomic mass is 16.6. The number of fused-ring (bicyclic) bond motifs is 5. The molecular formula is C12H2N14O8. The first-order chi connectivity index (χ1) is 16.1. The number of nitro groups is 4. The van der Waals surface area contributed by atoms with Gasteiger partial charge in [-0.05, 0) is 21.3 Å². The minimum Gasteiger partial charge on any atom is -0.270 e. The number of hydrogen-bond donors (Lipinski definition) is 0. The van der Waals surface area contributed by atoms with Gasteiger partial charge in [-0.2, -0.15) is 4.63 Å². The Balaban J connectivity index is 2.31. The van der Waals surface area contributed by atoms with Crippen molar-refractivity contribution in [1.82, 2.24) is 14.8 Å². The predicted octanol–water partition coefficient (Wildman–Crippen LogP) is 2.70. The molecular weight excluding hydrogens is 468 g/mol. The summed E-state index contributed by atoms with van der Waals surface area (Å²) in [5.41, 5.74) is 9.84. The average Bonchev–Trinajstić information content (AvgIpc) is 3.29. The molecule has 2 heterocycles. The van der Waals surface area contributed by atoms with Crippen LogP contribution < -0.4 is 9.73 Å². The third-order valence-electron chi connectivity index (χ3n) is 4.46. The van der Waals surface area contributed by atoms with Crippen LogP contribution in [0.2, 0.25) is 0 Å². The Labute approximate surface area is 180 Å². The molecule has 0 N–H and O–H groups in total.